The summed E-state index contributed by atoms with van der Waals surface area (Å²) in [5.74, 6) is -3.95. The van der Waals surface area contributed by atoms with Crippen LogP contribution in [0.3, 0.4) is 0 Å². The number of nitro groups is 2. The molecule has 3 N–H and O–H groups in total. The highest BCUT2D eigenvalue weighted by atomic mass is 32.1. The number of aliphatic hydroxyl groups excluding tert-OH is 1. The first kappa shape index (κ1) is 32.9. The second kappa shape index (κ2) is 12.9. The maximum Gasteiger partial charge on any atom is 0.407 e. The Labute approximate surface area is 279 Å². The molecule has 1 saturated heterocycles. The number of thiazole rings is 1. The molecule has 2 aliphatic rings. The molecule has 17 nitrogen and oxygen atoms in total. The maximum absolute atomic E-state index is 13.1. The van der Waals surface area contributed by atoms with Gasteiger partial charge in [0.2, 0.25) is 11.7 Å². The molecular weight excluding hydrogens is 664 g/mol. The van der Waals surface area contributed by atoms with Crippen LogP contribution in [0.4, 0.5) is 16.2 Å². The molecule has 1 unspecified atom stereocenters. The van der Waals surface area contributed by atoms with Gasteiger partial charge in [-0.15, -0.1) is 11.3 Å². The van der Waals surface area contributed by atoms with Gasteiger partial charge < -0.3 is 25.2 Å². The van der Waals surface area contributed by atoms with Gasteiger partial charge in [-0.25, -0.2) is 14.6 Å². The van der Waals surface area contributed by atoms with Gasteiger partial charge in [0.15, 0.2) is 0 Å². The number of carbonyl (C=O) groups is 4. The van der Waals surface area contributed by atoms with Crippen molar-refractivity contribution in [2.75, 3.05) is 6.54 Å². The number of aromatic nitrogens is 2. The number of imidazole rings is 1. The number of nitro benzene ring substituents is 2. The first-order valence-corrected chi connectivity index (χ1v) is 15.5. The number of ether oxygens (including phenoxy) is 1. The number of Topliss-reactive ketones (excluding diaryl/α,β-unsaturated/α-hetero) is 1. The van der Waals surface area contributed by atoms with E-state index in [1.807, 2.05) is 0 Å². The Morgan fingerprint density at radius 2 is 1.65 bits per heavy atom. The number of rotatable bonds is 12. The van der Waals surface area contributed by atoms with Crippen molar-refractivity contribution in [1.82, 2.24) is 19.6 Å². The number of fused-ring (bicyclic) bond motifs is 2. The van der Waals surface area contributed by atoms with Crippen molar-refractivity contribution in [1.29, 1.82) is 0 Å². The lowest BCUT2D eigenvalue weighted by Crippen LogP contribution is -2.64. The van der Waals surface area contributed by atoms with Crippen LogP contribution in [-0.4, -0.2) is 76.8 Å². The van der Waals surface area contributed by atoms with E-state index < -0.39 is 64.1 Å². The lowest BCUT2D eigenvalue weighted by Gasteiger charge is -2.47. The zero-order valence-corrected chi connectivity index (χ0v) is 26.2. The predicted molar refractivity (Wildman–Crippen MR) is 169 cm³/mol. The van der Waals surface area contributed by atoms with Crippen molar-refractivity contribution in [2.24, 2.45) is 11.8 Å². The number of hydrogen-bond acceptors (Lipinski definition) is 12. The fourth-order valence-corrected chi connectivity index (χ4v) is 7.40. The van der Waals surface area contributed by atoms with Gasteiger partial charge in [-0.2, -0.15) is 0 Å². The van der Waals surface area contributed by atoms with E-state index in [4.69, 9.17) is 4.74 Å². The minimum absolute atomic E-state index is 0.00415. The Morgan fingerprint density at radius 3 is 2.22 bits per heavy atom. The lowest BCUT2D eigenvalue weighted by molar-refractivity contribution is -0.385. The number of benzene rings is 2. The molecule has 2 aromatic carbocycles. The Hall–Kier alpha value is -6.01. The summed E-state index contributed by atoms with van der Waals surface area (Å²) >= 11 is 1.06. The van der Waals surface area contributed by atoms with Crippen LogP contribution in [-0.2, 0) is 27.4 Å². The molecule has 252 valence electrons. The molecule has 0 saturated carbocycles. The van der Waals surface area contributed by atoms with Gasteiger partial charge in [0.1, 0.15) is 29.2 Å². The van der Waals surface area contributed by atoms with Gasteiger partial charge in [0, 0.05) is 42.0 Å². The van der Waals surface area contributed by atoms with Gasteiger partial charge in [0.25, 0.3) is 11.4 Å². The van der Waals surface area contributed by atoms with E-state index in [1.165, 1.54) is 58.9 Å². The molecule has 1 fully saturated rings. The number of nitrogens with zero attached hydrogens (tertiary/aromatic N) is 5. The Kier molecular flexibility index (Phi) is 8.66. The largest absolute Gasteiger partial charge is 0.477 e. The second-order valence-electron chi connectivity index (χ2n) is 11.4. The standard InChI is InChI=1S/C31H26N6O11S/c1-15(38)23-26-20(10-16-2-6-18(7-3-16)36(44)45)24(27(30(41)42)35(26)28(23)40)22-12-34-14-33-25(29(34)49-22)21(39)11-32-31(43)48-13-17-4-8-19(9-5-17)37(46)47/h2-9,12,14-15,20,23,26,38H,10-11,13H2,1H3,(H,32,43)(H,41,42)/t15-,20?,23-,26-/m1/s1. The topological polar surface area (TPSA) is 237 Å². The summed E-state index contributed by atoms with van der Waals surface area (Å²) in [6, 6.07) is 10.5. The number of hydrogen-bond donors (Lipinski definition) is 3. The normalized spacial score (nSPS) is 18.9. The number of ketones is 1. The van der Waals surface area contributed by atoms with E-state index in [9.17, 15) is 49.6 Å². The van der Waals surface area contributed by atoms with E-state index in [0.29, 0.717) is 26.4 Å². The Balaban J connectivity index is 1.23. The number of carboxylic acids is 1. The Morgan fingerprint density at radius 1 is 1.04 bits per heavy atom. The van der Waals surface area contributed by atoms with Crippen LogP contribution in [0.5, 0.6) is 0 Å². The van der Waals surface area contributed by atoms with Crippen LogP contribution >= 0.6 is 11.3 Å². The van der Waals surface area contributed by atoms with E-state index in [1.54, 1.807) is 18.3 Å². The summed E-state index contributed by atoms with van der Waals surface area (Å²) < 4.78 is 6.62. The van der Waals surface area contributed by atoms with Crippen LogP contribution in [0.2, 0.25) is 0 Å². The van der Waals surface area contributed by atoms with E-state index in [-0.39, 0.29) is 35.8 Å². The lowest BCUT2D eigenvalue weighted by atomic mass is 9.74. The minimum Gasteiger partial charge on any atom is -0.477 e. The highest BCUT2D eigenvalue weighted by Gasteiger charge is 2.61. The number of nitrogens with one attached hydrogen (secondary N) is 1. The number of non-ortho nitro benzene ring substituents is 2. The number of aliphatic hydroxyl groups is 1. The molecule has 49 heavy (non-hydrogen) atoms. The van der Waals surface area contributed by atoms with Gasteiger partial charge in [0.05, 0.1) is 39.3 Å². The monoisotopic (exact) mass is 690 g/mol. The van der Waals surface area contributed by atoms with Crippen molar-refractivity contribution in [3.8, 4) is 0 Å². The third-order valence-electron chi connectivity index (χ3n) is 8.44. The first-order valence-electron chi connectivity index (χ1n) is 14.7. The molecule has 4 heterocycles. The molecule has 0 radical (unpaired) electrons. The third-order valence-corrected chi connectivity index (χ3v) is 9.59. The summed E-state index contributed by atoms with van der Waals surface area (Å²) in [5.41, 5.74) is 0.965. The molecule has 4 atom stereocenters. The fourth-order valence-electron chi connectivity index (χ4n) is 6.20. The molecule has 2 amide bonds. The van der Waals surface area contributed by atoms with Gasteiger partial charge in [-0.05, 0) is 36.6 Å². The quantitative estimate of drug-likeness (QED) is 0.0841. The highest BCUT2D eigenvalue weighted by Crippen LogP contribution is 2.53. The van der Waals surface area contributed by atoms with Crippen molar-refractivity contribution >= 4 is 56.9 Å². The number of β-lactam (4-membered cyclic amide) rings is 1. The Bertz CT molecular complexity index is 2050. The zero-order valence-electron chi connectivity index (χ0n) is 25.4. The molecule has 0 spiro atoms. The van der Waals surface area contributed by atoms with Gasteiger partial charge in [-0.3, -0.25) is 34.2 Å². The van der Waals surface area contributed by atoms with Crippen LogP contribution < -0.4 is 5.32 Å². The number of carbonyl (C=O) groups excluding carboxylic acids is 3. The van der Waals surface area contributed by atoms with Crippen LogP contribution in [0.15, 0.2) is 66.8 Å². The van der Waals surface area contributed by atoms with Gasteiger partial charge >= 0.3 is 12.1 Å². The van der Waals surface area contributed by atoms with E-state index >= 15 is 0 Å². The molecule has 2 aromatic heterocycles. The number of carboxylic acid groups (broad SMARTS) is 1. The molecular formula is C31H26N6O11S. The fraction of sp³-hybridized carbons (Fsp3) is 0.258. The average molecular weight is 691 g/mol. The van der Waals surface area contributed by atoms with E-state index in [2.05, 4.69) is 10.3 Å². The zero-order chi connectivity index (χ0) is 35.1. The van der Waals surface area contributed by atoms with Gasteiger partial charge in [-0.1, -0.05) is 12.1 Å². The molecule has 0 bridgehead atoms. The summed E-state index contributed by atoms with van der Waals surface area (Å²) in [5, 5.41) is 45.1. The molecule has 18 heteroatoms. The number of amides is 2. The summed E-state index contributed by atoms with van der Waals surface area (Å²) in [7, 11) is 0. The molecule has 0 aliphatic carbocycles. The smallest absolute Gasteiger partial charge is 0.407 e. The van der Waals surface area contributed by atoms with Crippen LogP contribution in [0, 0.1) is 32.1 Å². The van der Waals surface area contributed by atoms with Crippen molar-refractivity contribution in [3.63, 3.8) is 0 Å². The summed E-state index contributed by atoms with van der Waals surface area (Å²) in [4.78, 5) is 78.1. The third kappa shape index (κ3) is 6.09. The number of alkyl carbamates (subject to hydrolysis) is 1. The predicted octanol–water partition coefficient (Wildman–Crippen LogP) is 3.20. The SMILES string of the molecule is C[C@@H](O)[C@H]1C(=O)N2C(C(=O)O)=C(c3cn4cnc(C(=O)CNC(=O)OCc5ccc([N+](=O)[O-])cc5)c4s3)C(Cc3ccc([N+](=O)[O-])cc3)[C@H]12. The van der Waals surface area contributed by atoms with Crippen molar-refractivity contribution in [2.45, 2.75) is 32.1 Å². The van der Waals surface area contributed by atoms with Crippen LogP contribution in [0.1, 0.15) is 33.4 Å². The summed E-state index contributed by atoms with van der Waals surface area (Å²) in [6.07, 6.45) is 1.17. The molecule has 4 aromatic rings. The first-order chi connectivity index (χ1) is 23.3. The van der Waals surface area contributed by atoms with Crippen molar-refractivity contribution < 1.29 is 44.0 Å². The molecule has 2 aliphatic heterocycles. The number of aliphatic carboxylic acids is 1. The second-order valence-corrected chi connectivity index (χ2v) is 12.5. The summed E-state index contributed by atoms with van der Waals surface area (Å²) in [6.45, 7) is 0.782. The average Bonchev–Trinajstić information content (AvgIpc) is 3.73. The van der Waals surface area contributed by atoms with E-state index in [0.717, 1.165) is 11.3 Å². The molecule has 6 rings (SSSR count). The van der Waals surface area contributed by atoms with Crippen molar-refractivity contribution in [3.05, 3.63) is 109 Å². The van der Waals surface area contributed by atoms with Crippen LogP contribution in [0.25, 0.3) is 10.4 Å². The minimum atomic E-state index is -1.35. The maximum atomic E-state index is 13.1. The highest BCUT2D eigenvalue weighted by molar-refractivity contribution is 7.18.